The molecule has 0 aromatic carbocycles. The van der Waals surface area contributed by atoms with Crippen molar-refractivity contribution < 1.29 is 27.2 Å². The minimum absolute atomic E-state index is 0. The topological polar surface area (TPSA) is 30.0 Å². The maximum absolute atomic E-state index is 2.33. The van der Waals surface area contributed by atoms with Crippen molar-refractivity contribution in [3.63, 3.8) is 0 Å². The Bertz CT molecular complexity index is 104. The molecule has 0 bridgehead atoms. The summed E-state index contributed by atoms with van der Waals surface area (Å²) in [5.74, 6) is 0. The van der Waals surface area contributed by atoms with Crippen LogP contribution in [0.15, 0.2) is 0 Å². The molecule has 0 aliphatic rings. The van der Waals surface area contributed by atoms with E-state index in [0.29, 0.717) is 0 Å². The second kappa shape index (κ2) is 16.8. The zero-order valence-electron chi connectivity index (χ0n) is 12.4. The van der Waals surface area contributed by atoms with Crippen molar-refractivity contribution in [2.75, 3.05) is 0 Å². The predicted molar refractivity (Wildman–Crippen MR) is 74.9 cm³/mol. The first-order chi connectivity index (χ1) is 7.85. The summed E-state index contributed by atoms with van der Waals surface area (Å²) in [4.78, 5) is 0. The van der Waals surface area contributed by atoms with Gasteiger partial charge in [-0.1, -0.05) is 0 Å². The molecule has 0 rings (SSSR count). The first-order valence-electron chi connectivity index (χ1n) is 7.68. The molecule has 0 radical (unpaired) electrons. The molecule has 0 aliphatic heterocycles. The Balaban J connectivity index is 0. The Labute approximate surface area is 118 Å². The van der Waals surface area contributed by atoms with Crippen LogP contribution in [0.5, 0.6) is 0 Å². The van der Waals surface area contributed by atoms with Gasteiger partial charge in [0.2, 0.25) is 0 Å². The second-order valence-corrected chi connectivity index (χ2v) is 12.5. The second-order valence-electron chi connectivity index (χ2n) is 5.12. The molecule has 0 saturated heterocycles. The van der Waals surface area contributed by atoms with Crippen LogP contribution in [-0.4, -0.2) is 5.48 Å². The van der Waals surface area contributed by atoms with Crippen LogP contribution in [0, 0.1) is 0 Å². The standard InChI is InChI=1S/3C5H11.H2O.Zr/c3*1-3-5-4-2;;/h3*1,3-5H2,2H3;1H2;/q;;;;+1/p-1. The van der Waals surface area contributed by atoms with E-state index in [-0.39, 0.29) is 5.48 Å². The summed E-state index contributed by atoms with van der Waals surface area (Å²) >= 11 is -0.900. The average Bonchev–Trinajstić information content (AvgIpc) is 2.29. The van der Waals surface area contributed by atoms with Crippen LogP contribution in [0.3, 0.4) is 0 Å². The van der Waals surface area contributed by atoms with Gasteiger partial charge in [-0.3, -0.25) is 0 Å². The summed E-state index contributed by atoms with van der Waals surface area (Å²) in [6.07, 6.45) is 13.4. The van der Waals surface area contributed by atoms with E-state index in [9.17, 15) is 0 Å². The van der Waals surface area contributed by atoms with Gasteiger partial charge in [0.15, 0.2) is 0 Å². The Morgan fingerprint density at radius 1 is 0.529 bits per heavy atom. The van der Waals surface area contributed by atoms with Gasteiger partial charge in [-0.2, -0.15) is 0 Å². The van der Waals surface area contributed by atoms with Gasteiger partial charge in [0.25, 0.3) is 0 Å². The monoisotopic (exact) mass is 320 g/mol. The van der Waals surface area contributed by atoms with E-state index >= 15 is 0 Å². The Morgan fingerprint density at radius 2 is 0.824 bits per heavy atom. The van der Waals surface area contributed by atoms with Crippen LogP contribution in [-0.2, 0) is 21.8 Å². The molecule has 0 heterocycles. The van der Waals surface area contributed by atoms with Crippen LogP contribution in [0.4, 0.5) is 0 Å². The van der Waals surface area contributed by atoms with Gasteiger partial charge in [-0.05, 0) is 0 Å². The Hall–Kier alpha value is 0.843. The zero-order chi connectivity index (χ0) is 12.1. The maximum atomic E-state index is 2.33. The van der Waals surface area contributed by atoms with E-state index in [0.717, 1.165) is 0 Å². The molecule has 0 unspecified atom stereocenters. The third-order valence-electron chi connectivity index (χ3n) is 3.40. The quantitative estimate of drug-likeness (QED) is 0.390. The van der Waals surface area contributed by atoms with Crippen molar-refractivity contribution in [3.8, 4) is 0 Å². The van der Waals surface area contributed by atoms with Crippen LogP contribution < -0.4 is 0 Å². The van der Waals surface area contributed by atoms with Gasteiger partial charge in [0.1, 0.15) is 0 Å². The molecule has 0 aromatic heterocycles. The summed E-state index contributed by atoms with van der Waals surface area (Å²) < 4.78 is 5.09. The third-order valence-corrected chi connectivity index (χ3v) is 11.2. The summed E-state index contributed by atoms with van der Waals surface area (Å²) in [7, 11) is 0. The van der Waals surface area contributed by atoms with Gasteiger partial charge in [-0.15, -0.1) is 0 Å². The molecular formula is C15H34OZr. The van der Waals surface area contributed by atoms with Crippen molar-refractivity contribution in [2.45, 2.75) is 90.9 Å². The van der Waals surface area contributed by atoms with Crippen molar-refractivity contribution in [1.29, 1.82) is 0 Å². The first-order valence-corrected chi connectivity index (χ1v) is 12.9. The Morgan fingerprint density at radius 3 is 1.06 bits per heavy atom. The summed E-state index contributed by atoms with van der Waals surface area (Å²) in [5.41, 5.74) is 0. The smallest absolute Gasteiger partial charge is 0.870 e. The van der Waals surface area contributed by atoms with Crippen molar-refractivity contribution in [1.82, 2.24) is 0 Å². The largest absolute Gasteiger partial charge is 0.870 e. The van der Waals surface area contributed by atoms with Gasteiger partial charge >= 0.3 is 113 Å². The molecule has 0 amide bonds. The molecule has 0 spiro atoms. The van der Waals surface area contributed by atoms with E-state index in [4.69, 9.17) is 0 Å². The fourth-order valence-electron chi connectivity index (χ4n) is 2.25. The minimum Gasteiger partial charge on any atom is -0.870 e. The molecule has 0 aliphatic carbocycles. The predicted octanol–water partition coefficient (Wildman–Crippen LogP) is 6.25. The SMILES string of the molecule is CCCC[CH2][Zr+]([CH2]CCCC)[CH2]CCCC.[OH-]. The van der Waals surface area contributed by atoms with Gasteiger partial charge in [-0.25, -0.2) is 0 Å². The van der Waals surface area contributed by atoms with E-state index in [1.54, 1.807) is 31.6 Å². The van der Waals surface area contributed by atoms with Crippen LogP contribution in [0.2, 0.25) is 12.4 Å². The Kier molecular flexibility index (Phi) is 20.0. The molecule has 1 nitrogen and oxygen atoms in total. The molecule has 17 heavy (non-hydrogen) atoms. The van der Waals surface area contributed by atoms with E-state index < -0.39 is 21.8 Å². The van der Waals surface area contributed by atoms with Gasteiger partial charge < -0.3 is 5.48 Å². The number of hydrogen-bond acceptors (Lipinski definition) is 1. The van der Waals surface area contributed by atoms with E-state index in [1.165, 1.54) is 38.5 Å². The average molecular weight is 322 g/mol. The molecule has 0 saturated carbocycles. The number of rotatable bonds is 12. The van der Waals surface area contributed by atoms with Crippen molar-refractivity contribution in [2.24, 2.45) is 0 Å². The van der Waals surface area contributed by atoms with E-state index in [1.807, 2.05) is 0 Å². The minimum atomic E-state index is -0.900. The van der Waals surface area contributed by atoms with Gasteiger partial charge in [0.05, 0.1) is 0 Å². The number of hydrogen-bond donors (Lipinski definition) is 0. The summed E-state index contributed by atoms with van der Waals surface area (Å²) in [6.45, 7) is 6.99. The van der Waals surface area contributed by atoms with Crippen molar-refractivity contribution in [3.05, 3.63) is 0 Å². The molecule has 0 atom stereocenters. The van der Waals surface area contributed by atoms with E-state index in [2.05, 4.69) is 20.8 Å². The summed E-state index contributed by atoms with van der Waals surface area (Å²) in [6, 6.07) is 0. The van der Waals surface area contributed by atoms with Crippen LogP contribution in [0.25, 0.3) is 0 Å². The van der Waals surface area contributed by atoms with Crippen LogP contribution >= 0.6 is 0 Å². The molecular weight excluding hydrogens is 287 g/mol. The maximum Gasteiger partial charge on any atom is -0.870 e. The molecule has 2 heteroatoms. The molecule has 1 N–H and O–H groups in total. The molecule has 104 valence electrons. The zero-order valence-corrected chi connectivity index (χ0v) is 14.9. The molecule has 0 fully saturated rings. The van der Waals surface area contributed by atoms with Gasteiger partial charge in [0, 0.05) is 0 Å². The molecule has 0 aromatic rings. The number of unbranched alkanes of at least 4 members (excludes halogenated alkanes) is 6. The fraction of sp³-hybridized carbons (Fsp3) is 1.00. The first kappa shape index (κ1) is 20.2. The normalized spacial score (nSPS) is 10.1. The fourth-order valence-corrected chi connectivity index (χ4v) is 9.62. The van der Waals surface area contributed by atoms with Crippen LogP contribution in [0.1, 0.15) is 78.6 Å². The summed E-state index contributed by atoms with van der Waals surface area (Å²) in [5, 5.41) is 0. The van der Waals surface area contributed by atoms with Crippen molar-refractivity contribution >= 4 is 0 Å². The third kappa shape index (κ3) is 14.8.